The molecule has 2 atom stereocenters. The van der Waals surface area contributed by atoms with Crippen LogP contribution in [0.15, 0.2) is 85.5 Å². The fourth-order valence-corrected chi connectivity index (χ4v) is 10.7. The van der Waals surface area contributed by atoms with Crippen LogP contribution in [0.1, 0.15) is 48.4 Å². The molecular formula is C46H52F2N14O4S2. The van der Waals surface area contributed by atoms with E-state index in [0.29, 0.717) is 113 Å². The highest BCUT2D eigenvalue weighted by Gasteiger charge is 2.31. The number of piperazine rings is 2. The van der Waals surface area contributed by atoms with Gasteiger partial charge >= 0.3 is 0 Å². The summed E-state index contributed by atoms with van der Waals surface area (Å²) in [6.45, 7) is 8.76. The van der Waals surface area contributed by atoms with Crippen molar-refractivity contribution >= 4 is 43.2 Å². The van der Waals surface area contributed by atoms with Crippen LogP contribution in [0, 0.1) is 11.8 Å². The van der Waals surface area contributed by atoms with Gasteiger partial charge in [0.15, 0.2) is 11.6 Å². The van der Waals surface area contributed by atoms with Gasteiger partial charge in [0, 0.05) is 144 Å². The summed E-state index contributed by atoms with van der Waals surface area (Å²) in [4.78, 5) is 44.2. The van der Waals surface area contributed by atoms with E-state index in [2.05, 4.69) is 34.7 Å². The van der Waals surface area contributed by atoms with E-state index >= 15 is 0 Å². The van der Waals surface area contributed by atoms with Crippen LogP contribution in [-0.4, -0.2) is 143 Å². The first-order valence-electron chi connectivity index (χ1n) is 22.4. The number of aromatic nitrogens is 8. The molecule has 0 aliphatic carbocycles. The molecule has 68 heavy (non-hydrogen) atoms. The Morgan fingerprint density at radius 1 is 0.529 bits per heavy atom. The van der Waals surface area contributed by atoms with Crippen molar-refractivity contribution in [2.75, 3.05) is 97.6 Å². The van der Waals surface area contributed by atoms with Crippen LogP contribution >= 0.6 is 0 Å². The van der Waals surface area contributed by atoms with Crippen molar-refractivity contribution in [2.45, 2.75) is 38.8 Å². The molecule has 0 amide bonds. The molecule has 10 heterocycles. The maximum atomic E-state index is 14.6. The van der Waals surface area contributed by atoms with Crippen molar-refractivity contribution < 1.29 is 25.6 Å². The third-order valence-electron chi connectivity index (χ3n) is 12.8. The monoisotopic (exact) mass is 966 g/mol. The van der Waals surface area contributed by atoms with Gasteiger partial charge in [-0.15, -0.1) is 0 Å². The molecule has 6 aromatic rings. The number of anilines is 4. The minimum Gasteiger partial charge on any atom is -0.369 e. The average Bonchev–Trinajstić information content (AvgIpc) is 3.34. The summed E-state index contributed by atoms with van der Waals surface area (Å²) in [7, 11) is -6.46. The average molecular weight is 967 g/mol. The first-order chi connectivity index (χ1) is 32.6. The van der Waals surface area contributed by atoms with Crippen LogP contribution in [0.25, 0.3) is 23.0 Å². The number of hydrogen-bond donors (Lipinski definition) is 0. The van der Waals surface area contributed by atoms with Gasteiger partial charge in [-0.3, -0.25) is 9.97 Å². The molecule has 2 fully saturated rings. The first-order valence-corrected chi connectivity index (χ1v) is 26.1. The molecule has 22 heteroatoms. The van der Waals surface area contributed by atoms with Gasteiger partial charge in [0.25, 0.3) is 0 Å². The Bertz CT molecular complexity index is 2800. The minimum absolute atomic E-state index is 0.0780. The number of hydrogen-bond acceptors (Lipinski definition) is 16. The smallest absolute Gasteiger partial charge is 0.216 e. The Kier molecular flexibility index (Phi) is 13.3. The highest BCUT2D eigenvalue weighted by atomic mass is 32.2. The van der Waals surface area contributed by atoms with Gasteiger partial charge in [0.2, 0.25) is 26.0 Å². The van der Waals surface area contributed by atoms with E-state index in [9.17, 15) is 25.6 Å². The SMILES string of the molecule is CC1c2cnc(-c3ccccn3)nc2CCN1c1cc(F)cc(N2CCN(S(C)(=O)=O)CC2)n1.CC1c2cnc(-c3ccccn3)nc2CCN1c1cc(N2CCN(S(C)(=O)=O)CC2)cc(F)n1. The highest BCUT2D eigenvalue weighted by molar-refractivity contribution is 7.88. The summed E-state index contributed by atoms with van der Waals surface area (Å²) >= 11 is 0. The Morgan fingerprint density at radius 3 is 1.47 bits per heavy atom. The van der Waals surface area contributed by atoms with Gasteiger partial charge < -0.3 is 19.6 Å². The second kappa shape index (κ2) is 19.3. The summed E-state index contributed by atoms with van der Waals surface area (Å²) in [5.41, 5.74) is 6.07. The predicted molar refractivity (Wildman–Crippen MR) is 255 cm³/mol. The molecular weight excluding hydrogens is 915 g/mol. The lowest BCUT2D eigenvalue weighted by atomic mass is 9.99. The zero-order valence-corrected chi connectivity index (χ0v) is 39.8. The molecule has 4 aliphatic heterocycles. The Hall–Kier alpha value is -6.36. The molecule has 0 aromatic carbocycles. The maximum Gasteiger partial charge on any atom is 0.216 e. The molecule has 18 nitrogen and oxygen atoms in total. The molecule has 0 bridgehead atoms. The molecule has 2 saturated heterocycles. The van der Waals surface area contributed by atoms with Gasteiger partial charge in [-0.25, -0.2) is 51.1 Å². The van der Waals surface area contributed by atoms with Crippen LogP contribution in [0.4, 0.5) is 31.9 Å². The number of fused-ring (bicyclic) bond motifs is 2. The third-order valence-corrected chi connectivity index (χ3v) is 15.4. The van der Waals surface area contributed by atoms with Crippen molar-refractivity contribution in [1.29, 1.82) is 0 Å². The summed E-state index contributed by atoms with van der Waals surface area (Å²) in [5, 5.41) is 0. The largest absolute Gasteiger partial charge is 0.369 e. The molecule has 4 aliphatic rings. The van der Waals surface area contributed by atoms with E-state index < -0.39 is 26.0 Å². The van der Waals surface area contributed by atoms with Crippen LogP contribution in [0.2, 0.25) is 0 Å². The van der Waals surface area contributed by atoms with E-state index in [0.717, 1.165) is 33.9 Å². The van der Waals surface area contributed by atoms with E-state index in [-0.39, 0.29) is 17.9 Å². The van der Waals surface area contributed by atoms with Crippen LogP contribution in [0.5, 0.6) is 0 Å². The predicted octanol–water partition coefficient (Wildman–Crippen LogP) is 4.56. The van der Waals surface area contributed by atoms with Crippen molar-refractivity contribution in [3.05, 3.63) is 120 Å². The number of halogens is 2. The molecule has 6 aromatic heterocycles. The van der Waals surface area contributed by atoms with E-state index in [1.807, 2.05) is 78.5 Å². The Labute approximate surface area is 394 Å². The Balaban J connectivity index is 0.000000170. The van der Waals surface area contributed by atoms with Gasteiger partial charge in [-0.1, -0.05) is 12.1 Å². The topological polar surface area (TPSA) is 191 Å². The molecule has 10 rings (SSSR count). The van der Waals surface area contributed by atoms with Gasteiger partial charge in [0.1, 0.15) is 34.7 Å². The second-order valence-corrected chi connectivity index (χ2v) is 21.1. The standard InChI is InChI=1S/2C23H26FN7O2S/c1-16-18-15-26-23(20-5-3-4-7-25-20)27-19(18)6-8-31(16)22-14-17(13-21(24)28-22)29-9-11-30(12-10-29)34(2,32)33;1-16-18-15-26-23(20-5-3-4-7-25-20)27-19(18)6-8-31(16)22-14-17(24)13-21(28-22)29-9-11-30(12-10-29)34(2,32)33/h2*3-5,7,13-16H,6,8-12H2,1-2H3. The number of sulfonamides is 2. The lowest BCUT2D eigenvalue weighted by molar-refractivity contribution is 0.386. The van der Waals surface area contributed by atoms with Crippen LogP contribution in [0.3, 0.4) is 0 Å². The second-order valence-electron chi connectivity index (χ2n) is 17.2. The molecule has 2 unspecified atom stereocenters. The number of pyridine rings is 4. The molecule has 0 spiro atoms. The number of rotatable bonds is 8. The lowest BCUT2D eigenvalue weighted by Crippen LogP contribution is -2.48. The fraction of sp³-hybridized carbons (Fsp3) is 0.391. The molecule has 0 saturated carbocycles. The van der Waals surface area contributed by atoms with Gasteiger partial charge in [-0.05, 0) is 38.1 Å². The van der Waals surface area contributed by atoms with Crippen molar-refractivity contribution in [3.63, 3.8) is 0 Å². The summed E-state index contributed by atoms with van der Waals surface area (Å²) in [6, 6.07) is 17.3. The van der Waals surface area contributed by atoms with E-state index in [1.165, 1.54) is 39.3 Å². The van der Waals surface area contributed by atoms with E-state index in [1.54, 1.807) is 12.4 Å². The van der Waals surface area contributed by atoms with Crippen molar-refractivity contribution in [3.8, 4) is 23.0 Å². The summed E-state index contributed by atoms with van der Waals surface area (Å²) < 4.78 is 79.3. The molecule has 0 radical (unpaired) electrons. The fourth-order valence-electron chi connectivity index (χ4n) is 9.10. The van der Waals surface area contributed by atoms with Crippen molar-refractivity contribution in [1.82, 2.24) is 48.5 Å². The maximum absolute atomic E-state index is 14.6. The zero-order valence-electron chi connectivity index (χ0n) is 38.2. The number of nitrogens with zero attached hydrogens (tertiary/aromatic N) is 14. The van der Waals surface area contributed by atoms with Crippen LogP contribution in [-0.2, 0) is 32.9 Å². The highest BCUT2D eigenvalue weighted by Crippen LogP contribution is 2.36. The van der Waals surface area contributed by atoms with E-state index in [4.69, 9.17) is 15.0 Å². The quantitative estimate of drug-likeness (QED) is 0.193. The Morgan fingerprint density at radius 2 is 1.00 bits per heavy atom. The normalized spacial score (nSPS) is 19.2. The summed E-state index contributed by atoms with van der Waals surface area (Å²) in [6.07, 6.45) is 10.9. The van der Waals surface area contributed by atoms with Crippen molar-refractivity contribution in [2.24, 2.45) is 0 Å². The molecule has 0 N–H and O–H groups in total. The molecule has 356 valence electrons. The zero-order chi connectivity index (χ0) is 47.7. The third kappa shape index (κ3) is 10.2. The van der Waals surface area contributed by atoms with Gasteiger partial charge in [-0.2, -0.15) is 13.0 Å². The first kappa shape index (κ1) is 46.7. The summed E-state index contributed by atoms with van der Waals surface area (Å²) in [5.74, 6) is 1.88. The van der Waals surface area contributed by atoms with Crippen LogP contribution < -0.4 is 19.6 Å². The minimum atomic E-state index is -3.23. The van der Waals surface area contributed by atoms with Gasteiger partial charge in [0.05, 0.1) is 36.0 Å². The lowest BCUT2D eigenvalue weighted by Gasteiger charge is -2.37.